The van der Waals surface area contributed by atoms with Crippen molar-refractivity contribution in [1.29, 1.82) is 0 Å². The number of ether oxygens (including phenoxy) is 1. The Kier molecular flexibility index (Phi) is 4.60. The van der Waals surface area contributed by atoms with E-state index in [2.05, 4.69) is 10.5 Å². The van der Waals surface area contributed by atoms with Crippen molar-refractivity contribution in [2.75, 3.05) is 7.11 Å². The first-order valence-corrected chi connectivity index (χ1v) is 6.20. The Morgan fingerprint density at radius 1 is 1.50 bits per heavy atom. The van der Waals surface area contributed by atoms with Crippen LogP contribution in [0.25, 0.3) is 0 Å². The van der Waals surface area contributed by atoms with Crippen molar-refractivity contribution in [2.24, 2.45) is 0 Å². The average Bonchev–Trinajstić information content (AvgIpc) is 2.89. The number of rotatable bonds is 6. The summed E-state index contributed by atoms with van der Waals surface area (Å²) >= 11 is 6.10. The third-order valence-corrected chi connectivity index (χ3v) is 3.03. The van der Waals surface area contributed by atoms with Crippen molar-refractivity contribution in [2.45, 2.75) is 13.1 Å². The fraction of sp³-hybridized carbons (Fsp3) is 0.231. The number of carbonyl (C=O) groups is 1. The highest BCUT2D eigenvalue weighted by atomic mass is 35.5. The molecule has 0 saturated heterocycles. The molecule has 2 rings (SSSR count). The summed E-state index contributed by atoms with van der Waals surface area (Å²) in [5.74, 6) is 0.00925. The van der Waals surface area contributed by atoms with E-state index in [0.717, 1.165) is 5.56 Å². The molecule has 0 amide bonds. The van der Waals surface area contributed by atoms with Gasteiger partial charge in [0, 0.05) is 23.2 Å². The van der Waals surface area contributed by atoms with Crippen LogP contribution in [0.4, 0.5) is 0 Å². The Morgan fingerprint density at radius 2 is 2.30 bits per heavy atom. The maximum atomic E-state index is 10.7. The summed E-state index contributed by atoms with van der Waals surface area (Å²) in [7, 11) is 1.57. The number of aromatic nitrogens is 1. The molecule has 0 fully saturated rings. The minimum Gasteiger partial charge on any atom is -0.496 e. The second kappa shape index (κ2) is 6.40. The number of hydrogen-bond donors (Lipinski definition) is 2. The number of benzene rings is 1. The van der Waals surface area contributed by atoms with E-state index in [1.54, 1.807) is 19.2 Å². The van der Waals surface area contributed by atoms with Crippen molar-refractivity contribution in [3.63, 3.8) is 0 Å². The zero-order valence-electron chi connectivity index (χ0n) is 10.7. The van der Waals surface area contributed by atoms with E-state index >= 15 is 0 Å². The Hall–Kier alpha value is -2.05. The van der Waals surface area contributed by atoms with Gasteiger partial charge in [0.2, 0.25) is 0 Å². The monoisotopic (exact) mass is 296 g/mol. The largest absolute Gasteiger partial charge is 0.496 e. The van der Waals surface area contributed by atoms with Crippen molar-refractivity contribution in [1.82, 2.24) is 10.5 Å². The van der Waals surface area contributed by atoms with Crippen LogP contribution in [0.1, 0.15) is 21.8 Å². The lowest BCUT2D eigenvalue weighted by atomic mass is 10.2. The van der Waals surface area contributed by atoms with Gasteiger partial charge in [0.05, 0.1) is 13.7 Å². The molecule has 0 spiro atoms. The lowest BCUT2D eigenvalue weighted by molar-refractivity contribution is 0.0685. The van der Waals surface area contributed by atoms with E-state index in [-0.39, 0.29) is 5.69 Å². The van der Waals surface area contributed by atoms with Crippen molar-refractivity contribution in [3.05, 3.63) is 46.3 Å². The van der Waals surface area contributed by atoms with Crippen LogP contribution < -0.4 is 10.1 Å². The predicted octanol–water partition coefficient (Wildman–Crippen LogP) is 2.32. The first-order chi connectivity index (χ1) is 9.61. The first-order valence-electron chi connectivity index (χ1n) is 5.82. The molecule has 1 aromatic carbocycles. The predicted molar refractivity (Wildman–Crippen MR) is 72.0 cm³/mol. The van der Waals surface area contributed by atoms with Gasteiger partial charge in [-0.25, -0.2) is 4.79 Å². The molecule has 0 aliphatic carbocycles. The highest BCUT2D eigenvalue weighted by Gasteiger charge is 2.11. The molecule has 106 valence electrons. The van der Waals surface area contributed by atoms with Gasteiger partial charge in [0.15, 0.2) is 11.5 Å². The molecule has 7 heteroatoms. The fourth-order valence-corrected chi connectivity index (χ4v) is 1.94. The highest BCUT2D eigenvalue weighted by Crippen LogP contribution is 2.25. The highest BCUT2D eigenvalue weighted by molar-refractivity contribution is 6.31. The topological polar surface area (TPSA) is 84.6 Å². The molecule has 0 aliphatic rings. The number of hydrogen-bond acceptors (Lipinski definition) is 5. The molecule has 1 aromatic heterocycles. The molecular formula is C13H13ClN2O4. The molecule has 6 nitrogen and oxygen atoms in total. The smallest absolute Gasteiger partial charge is 0.358 e. The minimum absolute atomic E-state index is 0.114. The normalized spacial score (nSPS) is 10.5. The summed E-state index contributed by atoms with van der Waals surface area (Å²) in [5.41, 5.74) is 0.715. The average molecular weight is 297 g/mol. The van der Waals surface area contributed by atoms with Crippen LogP contribution >= 0.6 is 11.6 Å². The minimum atomic E-state index is -1.12. The van der Waals surface area contributed by atoms with E-state index in [1.165, 1.54) is 6.07 Å². The Bertz CT molecular complexity index is 612. The number of nitrogens with one attached hydrogen (secondary N) is 1. The summed E-state index contributed by atoms with van der Waals surface area (Å²) in [4.78, 5) is 10.7. The van der Waals surface area contributed by atoms with Crippen LogP contribution in [0.3, 0.4) is 0 Å². The maximum absolute atomic E-state index is 10.7. The van der Waals surface area contributed by atoms with Gasteiger partial charge in [-0.1, -0.05) is 22.8 Å². The Labute approximate surface area is 120 Å². The number of halogens is 1. The van der Waals surface area contributed by atoms with Crippen LogP contribution in [0.2, 0.25) is 5.02 Å². The molecule has 0 saturated carbocycles. The molecule has 0 unspecified atom stereocenters. The van der Waals surface area contributed by atoms with Gasteiger partial charge in [0.1, 0.15) is 5.75 Å². The van der Waals surface area contributed by atoms with Gasteiger partial charge in [0.25, 0.3) is 0 Å². The third-order valence-electron chi connectivity index (χ3n) is 2.67. The zero-order valence-corrected chi connectivity index (χ0v) is 11.5. The molecule has 0 aliphatic heterocycles. The number of carboxylic acids is 1. The standard InChI is InChI=1S/C13H13ClN2O4/c1-19-12-4-2-3-10(14)9(12)7-15-6-8-5-11(13(17)18)16-20-8/h2-5,15H,6-7H2,1H3,(H,17,18). The van der Waals surface area contributed by atoms with Crippen LogP contribution in [0, 0.1) is 0 Å². The SMILES string of the molecule is COc1cccc(Cl)c1CNCc1cc(C(=O)O)no1. The summed E-state index contributed by atoms with van der Waals surface area (Å²) < 4.78 is 10.1. The molecular weight excluding hydrogens is 284 g/mol. The fourth-order valence-electron chi connectivity index (χ4n) is 1.71. The first kappa shape index (κ1) is 14.4. The third kappa shape index (κ3) is 3.28. The lowest BCUT2D eigenvalue weighted by Crippen LogP contribution is -2.13. The van der Waals surface area contributed by atoms with Crippen LogP contribution in [0.15, 0.2) is 28.8 Å². The van der Waals surface area contributed by atoms with Gasteiger partial charge in [-0.15, -0.1) is 0 Å². The van der Waals surface area contributed by atoms with Crippen LogP contribution in [0.5, 0.6) is 5.75 Å². The Morgan fingerprint density at radius 3 is 2.95 bits per heavy atom. The van der Waals surface area contributed by atoms with E-state index in [9.17, 15) is 4.79 Å². The second-order valence-corrected chi connectivity index (χ2v) is 4.42. The summed E-state index contributed by atoms with van der Waals surface area (Å²) in [6.45, 7) is 0.806. The van der Waals surface area contributed by atoms with E-state index in [0.29, 0.717) is 29.6 Å². The van der Waals surface area contributed by atoms with Crippen LogP contribution in [-0.2, 0) is 13.1 Å². The van der Waals surface area contributed by atoms with Gasteiger partial charge < -0.3 is 19.7 Å². The van der Waals surface area contributed by atoms with Crippen molar-refractivity contribution in [3.8, 4) is 5.75 Å². The van der Waals surface area contributed by atoms with E-state index in [1.807, 2.05) is 6.07 Å². The number of aromatic carboxylic acids is 1. The van der Waals surface area contributed by atoms with Gasteiger partial charge in [-0.05, 0) is 12.1 Å². The molecule has 2 N–H and O–H groups in total. The van der Waals surface area contributed by atoms with Gasteiger partial charge >= 0.3 is 5.97 Å². The zero-order chi connectivity index (χ0) is 14.5. The molecule has 0 radical (unpaired) electrons. The van der Waals surface area contributed by atoms with E-state index < -0.39 is 5.97 Å². The van der Waals surface area contributed by atoms with Crippen molar-refractivity contribution < 1.29 is 19.2 Å². The quantitative estimate of drug-likeness (QED) is 0.851. The summed E-state index contributed by atoms with van der Waals surface area (Å²) in [6.07, 6.45) is 0. The molecule has 1 heterocycles. The van der Waals surface area contributed by atoms with Crippen LogP contribution in [-0.4, -0.2) is 23.3 Å². The number of nitrogens with zero attached hydrogens (tertiary/aromatic N) is 1. The molecule has 0 atom stereocenters. The summed E-state index contributed by atoms with van der Waals surface area (Å²) in [5, 5.41) is 15.8. The summed E-state index contributed by atoms with van der Waals surface area (Å²) in [6, 6.07) is 6.78. The molecule has 0 bridgehead atoms. The molecule has 20 heavy (non-hydrogen) atoms. The van der Waals surface area contributed by atoms with Gasteiger partial charge in [-0.2, -0.15) is 0 Å². The van der Waals surface area contributed by atoms with E-state index in [4.69, 9.17) is 26.0 Å². The lowest BCUT2D eigenvalue weighted by Gasteiger charge is -2.10. The second-order valence-electron chi connectivity index (χ2n) is 4.01. The Balaban J connectivity index is 1.97. The molecule has 2 aromatic rings. The number of methoxy groups -OCH3 is 1. The van der Waals surface area contributed by atoms with Crippen molar-refractivity contribution >= 4 is 17.6 Å². The number of carboxylic acid groups (broad SMARTS) is 1. The van der Waals surface area contributed by atoms with Gasteiger partial charge in [-0.3, -0.25) is 0 Å². The maximum Gasteiger partial charge on any atom is 0.358 e.